The average Bonchev–Trinajstić information content (AvgIpc) is 2.97. The molecule has 6 nitrogen and oxygen atoms in total. The molecule has 3 heterocycles. The van der Waals surface area contributed by atoms with Gasteiger partial charge in [-0.15, -0.1) is 0 Å². The summed E-state index contributed by atoms with van der Waals surface area (Å²) in [6.45, 7) is 0. The fourth-order valence-corrected chi connectivity index (χ4v) is 4.42. The number of nitro groups is 1. The summed E-state index contributed by atoms with van der Waals surface area (Å²) in [4.78, 5) is 16.3. The number of rotatable bonds is 4. The van der Waals surface area contributed by atoms with E-state index in [0.29, 0.717) is 24.7 Å². The van der Waals surface area contributed by atoms with Crippen molar-refractivity contribution in [1.82, 2.24) is 4.98 Å². The zero-order valence-corrected chi connectivity index (χ0v) is 16.4. The van der Waals surface area contributed by atoms with Crippen molar-refractivity contribution in [2.24, 2.45) is 0 Å². The van der Waals surface area contributed by atoms with E-state index < -0.39 is 40.2 Å². The van der Waals surface area contributed by atoms with Crippen LogP contribution in [0, 0.1) is 10.1 Å². The summed E-state index contributed by atoms with van der Waals surface area (Å²) in [5, 5.41) is 11.3. The van der Waals surface area contributed by atoms with Gasteiger partial charge in [0.15, 0.2) is 5.75 Å². The summed E-state index contributed by atoms with van der Waals surface area (Å²) >= 11 is 0. The van der Waals surface area contributed by atoms with Crippen LogP contribution in [0.4, 0.5) is 37.8 Å². The Bertz CT molecular complexity index is 995. The topological polar surface area (TPSA) is 68.5 Å². The van der Waals surface area contributed by atoms with Gasteiger partial charge in [-0.25, -0.2) is 4.98 Å². The van der Waals surface area contributed by atoms with Crippen LogP contribution in [0.15, 0.2) is 36.5 Å². The number of fused-ring (bicyclic) bond motifs is 2. The van der Waals surface area contributed by atoms with Crippen molar-refractivity contribution in [2.75, 3.05) is 4.90 Å². The molecule has 1 aromatic carbocycles. The standard InChI is InChI=1S/C20H17F6N3O3/c21-19(22,23)11-1-5-17(16(7-11)29(30)31)32-15-8-13-3-4-14(9-15)28(13)18-6-2-12(10-27-18)20(24,25)26/h1-2,5-7,10,13-15H,3-4,8-9H2/t13-,14?,15?/m0/s1. The van der Waals surface area contributed by atoms with Gasteiger partial charge < -0.3 is 9.64 Å². The lowest BCUT2D eigenvalue weighted by Crippen LogP contribution is -2.46. The summed E-state index contributed by atoms with van der Waals surface area (Å²) in [6.07, 6.45) is -6.60. The number of anilines is 1. The molecule has 0 spiro atoms. The molecule has 2 saturated heterocycles. The quantitative estimate of drug-likeness (QED) is 0.337. The van der Waals surface area contributed by atoms with E-state index in [4.69, 9.17) is 4.74 Å². The zero-order valence-electron chi connectivity index (χ0n) is 16.4. The molecule has 2 fully saturated rings. The minimum Gasteiger partial charge on any atom is -0.483 e. The maximum absolute atomic E-state index is 12.9. The Balaban J connectivity index is 1.50. The van der Waals surface area contributed by atoms with E-state index in [1.165, 1.54) is 6.07 Å². The first kappa shape index (κ1) is 22.2. The Kier molecular flexibility index (Phi) is 5.41. The van der Waals surface area contributed by atoms with Gasteiger partial charge in [0.1, 0.15) is 11.9 Å². The third-order valence-corrected chi connectivity index (χ3v) is 5.81. The number of alkyl halides is 6. The van der Waals surface area contributed by atoms with E-state index >= 15 is 0 Å². The fourth-order valence-electron chi connectivity index (χ4n) is 4.42. The van der Waals surface area contributed by atoms with Gasteiger partial charge in [0.25, 0.3) is 0 Å². The summed E-state index contributed by atoms with van der Waals surface area (Å²) in [6, 6.07) is 4.22. The van der Waals surface area contributed by atoms with E-state index in [1.807, 2.05) is 4.90 Å². The molecule has 2 bridgehead atoms. The van der Waals surface area contributed by atoms with Gasteiger partial charge in [0, 0.05) is 37.2 Å². The van der Waals surface area contributed by atoms with Crippen LogP contribution < -0.4 is 9.64 Å². The predicted octanol–water partition coefficient (Wildman–Crippen LogP) is 5.61. The molecule has 0 amide bonds. The highest BCUT2D eigenvalue weighted by Crippen LogP contribution is 2.42. The van der Waals surface area contributed by atoms with Gasteiger partial charge in [0.05, 0.1) is 16.1 Å². The highest BCUT2D eigenvalue weighted by molar-refractivity contribution is 5.50. The molecule has 172 valence electrons. The molecule has 0 saturated carbocycles. The lowest BCUT2D eigenvalue weighted by Gasteiger charge is -2.39. The van der Waals surface area contributed by atoms with Gasteiger partial charge >= 0.3 is 18.0 Å². The number of aromatic nitrogens is 1. The average molecular weight is 461 g/mol. The van der Waals surface area contributed by atoms with Crippen LogP contribution in [0.5, 0.6) is 5.75 Å². The number of piperidine rings is 1. The van der Waals surface area contributed by atoms with E-state index in [9.17, 15) is 36.5 Å². The highest BCUT2D eigenvalue weighted by Gasteiger charge is 2.43. The molecule has 0 aliphatic carbocycles. The second-order valence-electron chi connectivity index (χ2n) is 7.84. The fraction of sp³-hybridized carbons (Fsp3) is 0.450. The molecule has 0 N–H and O–H groups in total. The maximum atomic E-state index is 12.9. The van der Waals surface area contributed by atoms with E-state index in [1.54, 1.807) is 0 Å². The zero-order chi connectivity index (χ0) is 23.3. The van der Waals surface area contributed by atoms with Gasteiger partial charge in [0.2, 0.25) is 0 Å². The van der Waals surface area contributed by atoms with Crippen molar-refractivity contribution in [3.63, 3.8) is 0 Å². The predicted molar refractivity (Wildman–Crippen MR) is 100 cm³/mol. The summed E-state index contributed by atoms with van der Waals surface area (Å²) in [5.74, 6) is 0.165. The maximum Gasteiger partial charge on any atom is 0.417 e. The molecule has 2 aromatic rings. The number of ether oxygens (including phenoxy) is 1. The summed E-state index contributed by atoms with van der Waals surface area (Å²) < 4.78 is 82.8. The van der Waals surface area contributed by atoms with Crippen molar-refractivity contribution in [2.45, 2.75) is 56.2 Å². The normalized spacial score (nSPS) is 23.3. The second-order valence-corrected chi connectivity index (χ2v) is 7.84. The molecule has 12 heteroatoms. The molecule has 2 aliphatic rings. The third kappa shape index (κ3) is 4.30. The molecule has 2 aliphatic heterocycles. The molecular weight excluding hydrogens is 444 g/mol. The minimum atomic E-state index is -4.72. The highest BCUT2D eigenvalue weighted by atomic mass is 19.4. The van der Waals surface area contributed by atoms with E-state index in [-0.39, 0.29) is 17.8 Å². The van der Waals surface area contributed by atoms with Crippen molar-refractivity contribution >= 4 is 11.5 Å². The van der Waals surface area contributed by atoms with Gasteiger partial charge in [-0.3, -0.25) is 10.1 Å². The number of pyridine rings is 1. The van der Waals surface area contributed by atoms with Crippen LogP contribution >= 0.6 is 0 Å². The van der Waals surface area contributed by atoms with E-state index in [2.05, 4.69) is 4.98 Å². The molecule has 2 unspecified atom stereocenters. The lowest BCUT2D eigenvalue weighted by molar-refractivity contribution is -0.386. The Labute approximate surface area is 178 Å². The first-order valence-electron chi connectivity index (χ1n) is 9.77. The Hall–Kier alpha value is -3.05. The number of benzene rings is 1. The van der Waals surface area contributed by atoms with Crippen LogP contribution in [-0.2, 0) is 12.4 Å². The Morgan fingerprint density at radius 2 is 1.56 bits per heavy atom. The summed E-state index contributed by atoms with van der Waals surface area (Å²) in [7, 11) is 0. The number of nitro benzene ring substituents is 1. The molecular formula is C20H17F6N3O3. The molecule has 32 heavy (non-hydrogen) atoms. The third-order valence-electron chi connectivity index (χ3n) is 5.81. The van der Waals surface area contributed by atoms with Crippen molar-refractivity contribution in [1.29, 1.82) is 0 Å². The van der Waals surface area contributed by atoms with Gasteiger partial charge in [-0.05, 0) is 37.1 Å². The van der Waals surface area contributed by atoms with Crippen molar-refractivity contribution in [3.8, 4) is 5.75 Å². The Morgan fingerprint density at radius 3 is 2.06 bits per heavy atom. The molecule has 4 rings (SSSR count). The Morgan fingerprint density at radius 1 is 0.969 bits per heavy atom. The second kappa shape index (κ2) is 7.82. The smallest absolute Gasteiger partial charge is 0.417 e. The van der Waals surface area contributed by atoms with Crippen LogP contribution in [-0.4, -0.2) is 28.1 Å². The SMILES string of the molecule is O=[N+]([O-])c1cc(C(F)(F)F)ccc1OC1CC2CC[C@@H](C1)N2c1ccc(C(F)(F)F)cn1. The number of hydrogen-bond acceptors (Lipinski definition) is 5. The largest absolute Gasteiger partial charge is 0.483 e. The molecule has 0 radical (unpaired) electrons. The number of nitrogens with zero attached hydrogens (tertiary/aromatic N) is 3. The summed E-state index contributed by atoms with van der Waals surface area (Å²) in [5.41, 5.74) is -2.75. The van der Waals surface area contributed by atoms with Gasteiger partial charge in [-0.1, -0.05) is 0 Å². The van der Waals surface area contributed by atoms with Crippen molar-refractivity contribution < 1.29 is 36.0 Å². The van der Waals surface area contributed by atoms with Gasteiger partial charge in [-0.2, -0.15) is 26.3 Å². The van der Waals surface area contributed by atoms with E-state index in [0.717, 1.165) is 37.2 Å². The number of halogens is 6. The van der Waals surface area contributed by atoms with Crippen LogP contribution in [0.3, 0.4) is 0 Å². The molecule has 1 aromatic heterocycles. The minimum absolute atomic E-state index is 0.100. The first-order chi connectivity index (χ1) is 14.9. The monoisotopic (exact) mass is 461 g/mol. The number of hydrogen-bond donors (Lipinski definition) is 0. The lowest BCUT2D eigenvalue weighted by atomic mass is 9.99. The first-order valence-corrected chi connectivity index (χ1v) is 9.77. The molecule has 3 atom stereocenters. The van der Waals surface area contributed by atoms with Crippen LogP contribution in [0.2, 0.25) is 0 Å². The van der Waals surface area contributed by atoms with Crippen molar-refractivity contribution in [3.05, 3.63) is 57.8 Å². The van der Waals surface area contributed by atoms with Crippen LogP contribution in [0.1, 0.15) is 36.8 Å². The van der Waals surface area contributed by atoms with Crippen LogP contribution in [0.25, 0.3) is 0 Å².